The first-order chi connectivity index (χ1) is 6.81. The molecule has 0 amide bonds. The molecule has 0 aromatic heterocycles. The third-order valence-corrected chi connectivity index (χ3v) is 4.54. The monoisotopic (exact) mass is 200 g/mol. The van der Waals surface area contributed by atoms with Crippen molar-refractivity contribution in [2.45, 2.75) is 23.7 Å². The minimum atomic E-state index is 0.260. The van der Waals surface area contributed by atoms with Gasteiger partial charge in [0.15, 0.2) is 0 Å². The van der Waals surface area contributed by atoms with Gasteiger partial charge in [0.1, 0.15) is 0 Å². The molecule has 14 heavy (non-hydrogen) atoms. The number of thioether (sulfide) groups is 1. The second kappa shape index (κ2) is 2.77. The van der Waals surface area contributed by atoms with Crippen LogP contribution in [-0.2, 0) is 5.41 Å². The Morgan fingerprint density at radius 1 is 1.29 bits per heavy atom. The van der Waals surface area contributed by atoms with E-state index in [2.05, 4.69) is 49.4 Å². The molecule has 70 valence electrons. The van der Waals surface area contributed by atoms with Gasteiger partial charge in [-0.05, 0) is 18.1 Å². The summed E-state index contributed by atoms with van der Waals surface area (Å²) in [5.41, 5.74) is 1.76. The van der Waals surface area contributed by atoms with Crippen LogP contribution in [0.2, 0.25) is 0 Å². The zero-order chi connectivity index (χ0) is 9.60. The largest absolute Gasteiger partial charge is 0.0933 e. The van der Waals surface area contributed by atoms with Crippen LogP contribution < -0.4 is 0 Å². The van der Waals surface area contributed by atoms with Gasteiger partial charge in [0.05, 0.1) is 0 Å². The lowest BCUT2D eigenvalue weighted by Crippen LogP contribution is -2.20. The Bertz CT molecular complexity index is 442. The Hall–Kier alpha value is -0.950. The van der Waals surface area contributed by atoms with Gasteiger partial charge < -0.3 is 0 Å². The predicted octanol–water partition coefficient (Wildman–Crippen LogP) is 3.89. The molecule has 1 aliphatic carbocycles. The minimum Gasteiger partial charge on any atom is -0.0933 e. The second-order valence-electron chi connectivity index (χ2n) is 4.09. The summed E-state index contributed by atoms with van der Waals surface area (Å²) in [7, 11) is 0. The van der Waals surface area contributed by atoms with Crippen molar-refractivity contribution in [1.29, 1.82) is 0 Å². The Kier molecular flexibility index (Phi) is 1.65. The highest BCUT2D eigenvalue weighted by Crippen LogP contribution is 2.55. The molecule has 0 spiro atoms. The third-order valence-electron chi connectivity index (χ3n) is 3.16. The van der Waals surface area contributed by atoms with Crippen LogP contribution in [0.4, 0.5) is 0 Å². The number of rotatable bonds is 0. The number of benzene rings is 1. The average Bonchev–Trinajstić information content (AvgIpc) is 2.51. The quantitative estimate of drug-likeness (QED) is 0.612. The van der Waals surface area contributed by atoms with Crippen LogP contribution in [0.3, 0.4) is 0 Å². The van der Waals surface area contributed by atoms with Gasteiger partial charge >= 0.3 is 0 Å². The van der Waals surface area contributed by atoms with Gasteiger partial charge in [-0.1, -0.05) is 55.1 Å². The van der Waals surface area contributed by atoms with Crippen LogP contribution >= 0.6 is 11.8 Å². The minimum absolute atomic E-state index is 0.260. The van der Waals surface area contributed by atoms with Gasteiger partial charge in [-0.3, -0.25) is 0 Å². The van der Waals surface area contributed by atoms with E-state index in [-0.39, 0.29) is 5.41 Å². The van der Waals surface area contributed by atoms with Crippen molar-refractivity contribution >= 4 is 11.8 Å². The van der Waals surface area contributed by atoms with Crippen molar-refractivity contribution in [3.63, 3.8) is 0 Å². The smallest absolute Gasteiger partial charge is 0.0283 e. The standard InChI is InChI=1S/C13H12S/c1-13-9-5-4-8-12(13)14-11-7-3-2-6-10(11)13/h2-8H,9H2,1H3. The highest BCUT2D eigenvalue weighted by atomic mass is 32.2. The van der Waals surface area contributed by atoms with Crippen molar-refractivity contribution in [1.82, 2.24) is 0 Å². The maximum atomic E-state index is 2.35. The van der Waals surface area contributed by atoms with Crippen molar-refractivity contribution in [2.75, 3.05) is 0 Å². The zero-order valence-electron chi connectivity index (χ0n) is 8.16. The molecule has 0 saturated carbocycles. The number of hydrogen-bond donors (Lipinski definition) is 0. The fourth-order valence-electron chi connectivity index (χ4n) is 2.26. The van der Waals surface area contributed by atoms with E-state index in [1.807, 2.05) is 11.8 Å². The molecule has 0 fully saturated rings. The van der Waals surface area contributed by atoms with E-state index in [1.54, 1.807) is 0 Å². The van der Waals surface area contributed by atoms with Crippen molar-refractivity contribution < 1.29 is 0 Å². The Balaban J connectivity index is 2.23. The lowest BCUT2D eigenvalue weighted by atomic mass is 9.77. The van der Waals surface area contributed by atoms with Crippen molar-refractivity contribution in [3.8, 4) is 0 Å². The predicted molar refractivity (Wildman–Crippen MR) is 61.5 cm³/mol. The first kappa shape index (κ1) is 8.37. The van der Waals surface area contributed by atoms with Gasteiger partial charge in [0.25, 0.3) is 0 Å². The first-order valence-electron chi connectivity index (χ1n) is 4.95. The molecule has 0 saturated heterocycles. The molecule has 0 radical (unpaired) electrons. The van der Waals surface area contributed by atoms with Crippen molar-refractivity contribution in [3.05, 3.63) is 53.0 Å². The normalized spacial score (nSPS) is 28.2. The van der Waals surface area contributed by atoms with Crippen LogP contribution in [0.25, 0.3) is 0 Å². The van der Waals surface area contributed by atoms with Crippen LogP contribution in [0.15, 0.2) is 52.3 Å². The Morgan fingerprint density at radius 3 is 3.07 bits per heavy atom. The Labute approximate surface area is 88.7 Å². The zero-order valence-corrected chi connectivity index (χ0v) is 8.97. The van der Waals surface area contributed by atoms with Gasteiger partial charge in [-0.15, -0.1) is 0 Å². The molecule has 0 N–H and O–H groups in total. The molecule has 1 unspecified atom stereocenters. The fraction of sp³-hybridized carbons (Fsp3) is 0.231. The summed E-state index contributed by atoms with van der Waals surface area (Å²) in [5, 5.41) is 0. The SMILES string of the molecule is CC12CC=CC=C1Sc1ccccc12. The van der Waals surface area contributed by atoms with Gasteiger partial charge in [-0.25, -0.2) is 0 Å². The highest BCUT2D eigenvalue weighted by molar-refractivity contribution is 8.03. The van der Waals surface area contributed by atoms with Gasteiger partial charge in [0.2, 0.25) is 0 Å². The van der Waals surface area contributed by atoms with E-state index < -0.39 is 0 Å². The maximum Gasteiger partial charge on any atom is 0.0283 e. The summed E-state index contributed by atoms with van der Waals surface area (Å²) < 4.78 is 0. The summed E-state index contributed by atoms with van der Waals surface area (Å²) in [6, 6.07) is 8.76. The second-order valence-corrected chi connectivity index (χ2v) is 5.18. The van der Waals surface area contributed by atoms with Gasteiger partial charge in [0, 0.05) is 15.2 Å². The van der Waals surface area contributed by atoms with Crippen LogP contribution in [0.5, 0.6) is 0 Å². The van der Waals surface area contributed by atoms with Crippen LogP contribution in [0.1, 0.15) is 18.9 Å². The van der Waals surface area contributed by atoms with Crippen molar-refractivity contribution in [2.24, 2.45) is 0 Å². The Morgan fingerprint density at radius 2 is 2.14 bits per heavy atom. The molecule has 3 rings (SSSR count). The molecule has 1 aromatic rings. The van der Waals surface area contributed by atoms with E-state index in [0.717, 1.165) is 6.42 Å². The highest BCUT2D eigenvalue weighted by Gasteiger charge is 2.39. The molecule has 1 atom stereocenters. The number of hydrogen-bond acceptors (Lipinski definition) is 1. The molecule has 0 nitrogen and oxygen atoms in total. The summed E-state index contributed by atoms with van der Waals surface area (Å²) in [4.78, 5) is 2.94. The van der Waals surface area contributed by atoms with Crippen LogP contribution in [-0.4, -0.2) is 0 Å². The first-order valence-corrected chi connectivity index (χ1v) is 5.77. The molecule has 2 aliphatic rings. The summed E-state index contributed by atoms with van der Waals surface area (Å²) in [6.45, 7) is 2.35. The van der Waals surface area contributed by atoms with Gasteiger partial charge in [-0.2, -0.15) is 0 Å². The topological polar surface area (TPSA) is 0 Å². The number of fused-ring (bicyclic) bond motifs is 3. The van der Waals surface area contributed by atoms with E-state index in [1.165, 1.54) is 15.4 Å². The lowest BCUT2D eigenvalue weighted by molar-refractivity contribution is 0.589. The summed E-state index contributed by atoms with van der Waals surface area (Å²) in [6.07, 6.45) is 7.85. The number of allylic oxidation sites excluding steroid dienone is 4. The summed E-state index contributed by atoms with van der Waals surface area (Å²) in [5.74, 6) is 0. The summed E-state index contributed by atoms with van der Waals surface area (Å²) >= 11 is 1.93. The lowest BCUT2D eigenvalue weighted by Gasteiger charge is -2.27. The van der Waals surface area contributed by atoms with E-state index in [0.29, 0.717) is 0 Å². The third kappa shape index (κ3) is 0.963. The molecule has 0 bridgehead atoms. The van der Waals surface area contributed by atoms with E-state index in [9.17, 15) is 0 Å². The van der Waals surface area contributed by atoms with E-state index in [4.69, 9.17) is 0 Å². The fourth-order valence-corrected chi connectivity index (χ4v) is 3.61. The molecular weight excluding hydrogens is 188 g/mol. The molecular formula is C13H12S. The van der Waals surface area contributed by atoms with Crippen LogP contribution in [0, 0.1) is 0 Å². The molecule has 1 heterocycles. The average molecular weight is 200 g/mol. The van der Waals surface area contributed by atoms with E-state index >= 15 is 0 Å². The molecule has 1 aromatic carbocycles. The maximum absolute atomic E-state index is 2.35. The molecule has 1 heteroatoms. The molecule has 1 aliphatic heterocycles.